The minimum absolute atomic E-state index is 0.477. The molecule has 2 aromatic heterocycles. The Hall–Kier alpha value is -1.31. The van der Waals surface area contributed by atoms with Crippen molar-refractivity contribution in [3.05, 3.63) is 35.9 Å². The molecule has 2 heterocycles. The molecule has 0 aromatic carbocycles. The van der Waals surface area contributed by atoms with Gasteiger partial charge in [0.25, 0.3) is 0 Å². The highest BCUT2D eigenvalue weighted by atomic mass is 15.0. The van der Waals surface area contributed by atoms with Crippen molar-refractivity contribution in [3.8, 4) is 0 Å². The molecule has 2 nitrogen and oxygen atoms in total. The van der Waals surface area contributed by atoms with E-state index < -0.39 is 0 Å². The zero-order valence-corrected chi connectivity index (χ0v) is 8.99. The van der Waals surface area contributed by atoms with Gasteiger partial charge in [-0.05, 0) is 18.6 Å². The number of aryl methyl sites for hydroxylation is 1. The molecule has 74 valence electrons. The summed E-state index contributed by atoms with van der Waals surface area (Å²) in [6.07, 6.45) is 3.09. The van der Waals surface area contributed by atoms with Gasteiger partial charge in [0, 0.05) is 12.1 Å². The van der Waals surface area contributed by atoms with Crippen LogP contribution in [0.25, 0.3) is 5.52 Å². The topological polar surface area (TPSA) is 17.3 Å². The van der Waals surface area contributed by atoms with Gasteiger partial charge < -0.3 is 4.40 Å². The largest absolute Gasteiger partial charge is 0.303 e. The Labute approximate surface area is 84.6 Å². The van der Waals surface area contributed by atoms with Gasteiger partial charge in [0.1, 0.15) is 5.82 Å². The van der Waals surface area contributed by atoms with Crippen LogP contribution >= 0.6 is 0 Å². The SMILES string of the molecule is CCc1nc(C(C)C)n2ccccc12. The maximum Gasteiger partial charge on any atom is 0.116 e. The monoisotopic (exact) mass is 188 g/mol. The summed E-state index contributed by atoms with van der Waals surface area (Å²) in [6.45, 7) is 6.52. The molecule has 0 aliphatic rings. The molecule has 0 aliphatic heterocycles. The minimum Gasteiger partial charge on any atom is -0.303 e. The van der Waals surface area contributed by atoms with Gasteiger partial charge in [-0.1, -0.05) is 26.8 Å². The Morgan fingerprint density at radius 3 is 2.79 bits per heavy atom. The summed E-state index contributed by atoms with van der Waals surface area (Å²) in [5.41, 5.74) is 2.45. The Bertz CT molecular complexity index is 441. The number of pyridine rings is 1. The molecule has 0 aliphatic carbocycles. The van der Waals surface area contributed by atoms with E-state index in [0.717, 1.165) is 12.2 Å². The van der Waals surface area contributed by atoms with Gasteiger partial charge in [0.05, 0.1) is 11.2 Å². The van der Waals surface area contributed by atoms with E-state index in [1.54, 1.807) is 0 Å². The number of hydrogen-bond acceptors (Lipinski definition) is 1. The highest BCUT2D eigenvalue weighted by Gasteiger charge is 2.10. The van der Waals surface area contributed by atoms with Gasteiger partial charge in [-0.2, -0.15) is 0 Å². The third kappa shape index (κ3) is 1.31. The molecule has 2 heteroatoms. The van der Waals surface area contributed by atoms with Crippen molar-refractivity contribution >= 4 is 5.52 Å². The lowest BCUT2D eigenvalue weighted by atomic mass is 10.2. The van der Waals surface area contributed by atoms with Crippen LogP contribution < -0.4 is 0 Å². The summed E-state index contributed by atoms with van der Waals surface area (Å²) >= 11 is 0. The van der Waals surface area contributed by atoms with E-state index in [2.05, 4.69) is 54.6 Å². The predicted octanol–water partition coefficient (Wildman–Crippen LogP) is 3.02. The van der Waals surface area contributed by atoms with Crippen molar-refractivity contribution in [1.82, 2.24) is 9.38 Å². The number of fused-ring (bicyclic) bond motifs is 1. The van der Waals surface area contributed by atoms with E-state index in [1.165, 1.54) is 11.2 Å². The fraction of sp³-hybridized carbons (Fsp3) is 0.417. The van der Waals surface area contributed by atoms with Gasteiger partial charge in [-0.3, -0.25) is 0 Å². The maximum atomic E-state index is 4.67. The normalized spacial score (nSPS) is 11.4. The molecule has 0 atom stereocenters. The highest BCUT2D eigenvalue weighted by molar-refractivity contribution is 5.53. The Kier molecular flexibility index (Phi) is 2.28. The van der Waals surface area contributed by atoms with Crippen LogP contribution in [0.4, 0.5) is 0 Å². The standard InChI is InChI=1S/C12H16N2/c1-4-10-11-7-5-6-8-14(11)12(13-10)9(2)3/h5-9H,4H2,1-3H3. The first-order chi connectivity index (χ1) is 6.74. The summed E-state index contributed by atoms with van der Waals surface area (Å²) in [5, 5.41) is 0. The van der Waals surface area contributed by atoms with Crippen LogP contribution in [0.2, 0.25) is 0 Å². The van der Waals surface area contributed by atoms with E-state index in [-0.39, 0.29) is 0 Å². The molecule has 0 radical (unpaired) electrons. The summed E-state index contributed by atoms with van der Waals surface area (Å²) in [4.78, 5) is 4.67. The minimum atomic E-state index is 0.477. The quantitative estimate of drug-likeness (QED) is 0.708. The number of nitrogens with zero attached hydrogens (tertiary/aromatic N) is 2. The third-order valence-corrected chi connectivity index (χ3v) is 2.50. The van der Waals surface area contributed by atoms with E-state index in [0.29, 0.717) is 5.92 Å². The first-order valence-corrected chi connectivity index (χ1v) is 5.20. The fourth-order valence-corrected chi connectivity index (χ4v) is 1.79. The van der Waals surface area contributed by atoms with E-state index >= 15 is 0 Å². The average Bonchev–Trinajstić information content (AvgIpc) is 2.56. The van der Waals surface area contributed by atoms with Crippen molar-refractivity contribution in [2.45, 2.75) is 33.1 Å². The number of hydrogen-bond donors (Lipinski definition) is 0. The molecule has 0 spiro atoms. The van der Waals surface area contributed by atoms with Crippen LogP contribution in [-0.2, 0) is 6.42 Å². The van der Waals surface area contributed by atoms with E-state index in [1.807, 2.05) is 0 Å². The zero-order chi connectivity index (χ0) is 10.1. The van der Waals surface area contributed by atoms with Crippen LogP contribution in [0, 0.1) is 0 Å². The number of rotatable bonds is 2. The molecule has 0 saturated heterocycles. The Morgan fingerprint density at radius 1 is 1.36 bits per heavy atom. The average molecular weight is 188 g/mol. The second-order valence-corrected chi connectivity index (χ2v) is 3.88. The van der Waals surface area contributed by atoms with Crippen LogP contribution in [0.1, 0.15) is 38.2 Å². The number of aromatic nitrogens is 2. The highest BCUT2D eigenvalue weighted by Crippen LogP contribution is 2.19. The van der Waals surface area contributed by atoms with Crippen molar-refractivity contribution < 1.29 is 0 Å². The van der Waals surface area contributed by atoms with Gasteiger partial charge >= 0.3 is 0 Å². The molecular weight excluding hydrogens is 172 g/mol. The lowest BCUT2D eigenvalue weighted by molar-refractivity contribution is 0.766. The van der Waals surface area contributed by atoms with Crippen LogP contribution in [0.15, 0.2) is 24.4 Å². The first kappa shape index (κ1) is 9.25. The third-order valence-electron chi connectivity index (χ3n) is 2.50. The van der Waals surface area contributed by atoms with Crippen molar-refractivity contribution in [2.24, 2.45) is 0 Å². The molecule has 0 amide bonds. The Balaban J connectivity index is 2.73. The first-order valence-electron chi connectivity index (χ1n) is 5.20. The Morgan fingerprint density at radius 2 is 2.14 bits per heavy atom. The second kappa shape index (κ2) is 3.45. The molecule has 14 heavy (non-hydrogen) atoms. The molecule has 2 aromatic rings. The summed E-state index contributed by atoms with van der Waals surface area (Å²) < 4.78 is 2.20. The molecule has 2 rings (SSSR count). The molecule has 0 bridgehead atoms. The molecular formula is C12H16N2. The predicted molar refractivity (Wildman–Crippen MR) is 58.7 cm³/mol. The van der Waals surface area contributed by atoms with Crippen LogP contribution in [0.3, 0.4) is 0 Å². The van der Waals surface area contributed by atoms with Crippen LogP contribution in [0.5, 0.6) is 0 Å². The zero-order valence-electron chi connectivity index (χ0n) is 8.99. The maximum absolute atomic E-state index is 4.67. The molecule has 0 fully saturated rings. The van der Waals surface area contributed by atoms with E-state index in [4.69, 9.17) is 0 Å². The van der Waals surface area contributed by atoms with Crippen LogP contribution in [-0.4, -0.2) is 9.38 Å². The molecule has 0 unspecified atom stereocenters. The summed E-state index contributed by atoms with van der Waals surface area (Å²) in [5.74, 6) is 1.64. The van der Waals surface area contributed by atoms with Crippen molar-refractivity contribution in [1.29, 1.82) is 0 Å². The lowest BCUT2D eigenvalue weighted by Crippen LogP contribution is -1.95. The van der Waals surface area contributed by atoms with Gasteiger partial charge in [-0.15, -0.1) is 0 Å². The number of imidazole rings is 1. The van der Waals surface area contributed by atoms with Crippen molar-refractivity contribution in [3.63, 3.8) is 0 Å². The lowest BCUT2D eigenvalue weighted by Gasteiger charge is -2.02. The fourth-order valence-electron chi connectivity index (χ4n) is 1.79. The van der Waals surface area contributed by atoms with E-state index in [9.17, 15) is 0 Å². The van der Waals surface area contributed by atoms with Gasteiger partial charge in [0.2, 0.25) is 0 Å². The van der Waals surface area contributed by atoms with Gasteiger partial charge in [0.15, 0.2) is 0 Å². The molecule has 0 saturated carbocycles. The second-order valence-electron chi connectivity index (χ2n) is 3.88. The smallest absolute Gasteiger partial charge is 0.116 e. The van der Waals surface area contributed by atoms with Gasteiger partial charge in [-0.25, -0.2) is 4.98 Å². The summed E-state index contributed by atoms with van der Waals surface area (Å²) in [6, 6.07) is 6.26. The molecule has 0 N–H and O–H groups in total. The van der Waals surface area contributed by atoms with Crippen molar-refractivity contribution in [2.75, 3.05) is 0 Å². The summed E-state index contributed by atoms with van der Waals surface area (Å²) in [7, 11) is 0.